The number of amides is 1. The molecule has 1 atom stereocenters. The molecular formula is C20H29N3O3. The highest BCUT2D eigenvalue weighted by molar-refractivity contribution is 5.82. The van der Waals surface area contributed by atoms with Gasteiger partial charge in [0.15, 0.2) is 11.5 Å². The van der Waals surface area contributed by atoms with Crippen LogP contribution in [0, 0.1) is 5.41 Å². The number of nitrogens with zero attached hydrogens (tertiary/aromatic N) is 1. The van der Waals surface area contributed by atoms with Gasteiger partial charge in [-0.15, -0.1) is 0 Å². The summed E-state index contributed by atoms with van der Waals surface area (Å²) in [6.07, 6.45) is 4.18. The number of piperidine rings is 1. The number of rotatable bonds is 3. The topological polar surface area (TPSA) is 62.8 Å². The van der Waals surface area contributed by atoms with Gasteiger partial charge in [0.25, 0.3) is 0 Å². The molecule has 1 spiro atoms. The molecule has 0 saturated carbocycles. The standard InChI is InChI=1S/C20H29N3O3/c1-25-17-9-14-3-8-23(12-15(14)10-18(17)26-2)19(24)16-11-20(13-22-16)4-6-21-7-5-20/h9-10,16,21-22H,3-8,11-13H2,1-2H3. The van der Waals surface area contributed by atoms with Crippen LogP contribution in [0.2, 0.25) is 0 Å². The maximum absolute atomic E-state index is 13.1. The Morgan fingerprint density at radius 3 is 2.54 bits per heavy atom. The van der Waals surface area contributed by atoms with E-state index < -0.39 is 0 Å². The van der Waals surface area contributed by atoms with Gasteiger partial charge in [-0.25, -0.2) is 0 Å². The summed E-state index contributed by atoms with van der Waals surface area (Å²) in [6, 6.07) is 4.03. The SMILES string of the molecule is COc1cc2c(cc1OC)CN(C(=O)C1CC3(CCNCC3)CN1)CC2. The van der Waals surface area contributed by atoms with Crippen molar-refractivity contribution in [2.24, 2.45) is 5.41 Å². The minimum Gasteiger partial charge on any atom is -0.493 e. The molecular weight excluding hydrogens is 330 g/mol. The fraction of sp³-hybridized carbons (Fsp3) is 0.650. The molecule has 1 aromatic rings. The lowest BCUT2D eigenvalue weighted by Gasteiger charge is -2.34. The van der Waals surface area contributed by atoms with E-state index in [4.69, 9.17) is 9.47 Å². The van der Waals surface area contributed by atoms with E-state index in [0.717, 1.165) is 56.1 Å². The van der Waals surface area contributed by atoms with Crippen LogP contribution in [0.25, 0.3) is 0 Å². The number of fused-ring (bicyclic) bond motifs is 1. The number of nitrogens with one attached hydrogen (secondary N) is 2. The van der Waals surface area contributed by atoms with E-state index in [-0.39, 0.29) is 11.9 Å². The van der Waals surface area contributed by atoms with E-state index in [1.807, 2.05) is 17.0 Å². The van der Waals surface area contributed by atoms with Crippen molar-refractivity contribution in [3.05, 3.63) is 23.3 Å². The second kappa shape index (κ2) is 7.08. The Morgan fingerprint density at radius 2 is 1.85 bits per heavy atom. The van der Waals surface area contributed by atoms with Crippen molar-refractivity contribution in [3.8, 4) is 11.5 Å². The van der Waals surface area contributed by atoms with E-state index in [0.29, 0.717) is 12.0 Å². The van der Waals surface area contributed by atoms with Gasteiger partial charge < -0.3 is 25.0 Å². The predicted octanol–water partition coefficient (Wildman–Crippen LogP) is 1.32. The number of hydrogen-bond donors (Lipinski definition) is 2. The molecule has 0 bridgehead atoms. The van der Waals surface area contributed by atoms with Gasteiger partial charge in [0.2, 0.25) is 5.91 Å². The predicted molar refractivity (Wildman–Crippen MR) is 99.6 cm³/mol. The monoisotopic (exact) mass is 359 g/mol. The molecule has 1 amide bonds. The summed E-state index contributed by atoms with van der Waals surface area (Å²) in [7, 11) is 3.31. The van der Waals surface area contributed by atoms with Gasteiger partial charge in [-0.3, -0.25) is 4.79 Å². The van der Waals surface area contributed by atoms with E-state index >= 15 is 0 Å². The maximum atomic E-state index is 13.1. The molecule has 2 fully saturated rings. The molecule has 0 aliphatic carbocycles. The minimum absolute atomic E-state index is 0.0326. The zero-order valence-corrected chi connectivity index (χ0v) is 15.8. The first kappa shape index (κ1) is 17.6. The Morgan fingerprint density at radius 1 is 1.15 bits per heavy atom. The summed E-state index contributed by atoms with van der Waals surface area (Å²) in [6.45, 7) is 4.54. The van der Waals surface area contributed by atoms with Gasteiger partial charge in [-0.2, -0.15) is 0 Å². The largest absolute Gasteiger partial charge is 0.493 e. The third-order valence-corrected chi connectivity index (χ3v) is 6.35. The van der Waals surface area contributed by atoms with Crippen molar-refractivity contribution in [3.63, 3.8) is 0 Å². The van der Waals surface area contributed by atoms with Gasteiger partial charge >= 0.3 is 0 Å². The highest BCUT2D eigenvalue weighted by Gasteiger charge is 2.43. The van der Waals surface area contributed by atoms with E-state index in [2.05, 4.69) is 10.6 Å². The Labute approximate surface area is 155 Å². The smallest absolute Gasteiger partial charge is 0.240 e. The van der Waals surface area contributed by atoms with Gasteiger partial charge in [-0.05, 0) is 67.4 Å². The maximum Gasteiger partial charge on any atom is 0.240 e. The Hall–Kier alpha value is -1.79. The quantitative estimate of drug-likeness (QED) is 0.852. The molecule has 6 heteroatoms. The van der Waals surface area contributed by atoms with Gasteiger partial charge in [0, 0.05) is 19.6 Å². The fourth-order valence-electron chi connectivity index (χ4n) is 4.72. The minimum atomic E-state index is -0.0326. The van der Waals surface area contributed by atoms with Crippen LogP contribution in [0.1, 0.15) is 30.4 Å². The number of methoxy groups -OCH3 is 2. The summed E-state index contributed by atoms with van der Waals surface area (Å²) in [5.74, 6) is 1.74. The van der Waals surface area contributed by atoms with Crippen LogP contribution in [0.15, 0.2) is 12.1 Å². The number of hydrogen-bond acceptors (Lipinski definition) is 5. The van der Waals surface area contributed by atoms with Crippen LogP contribution in [0.4, 0.5) is 0 Å². The average Bonchev–Trinajstić information content (AvgIpc) is 3.09. The highest BCUT2D eigenvalue weighted by Crippen LogP contribution is 2.38. The summed E-state index contributed by atoms with van der Waals surface area (Å²) >= 11 is 0. The number of ether oxygens (including phenoxy) is 2. The summed E-state index contributed by atoms with van der Waals surface area (Å²) in [5.41, 5.74) is 2.73. The van der Waals surface area contributed by atoms with Crippen molar-refractivity contribution in [1.82, 2.24) is 15.5 Å². The number of carbonyl (C=O) groups excluding carboxylic acids is 1. The molecule has 4 rings (SSSR count). The molecule has 2 N–H and O–H groups in total. The van der Waals surface area contributed by atoms with Crippen molar-refractivity contribution >= 4 is 5.91 Å². The van der Waals surface area contributed by atoms with Crippen LogP contribution in [-0.2, 0) is 17.8 Å². The summed E-state index contributed by atoms with van der Waals surface area (Å²) < 4.78 is 10.8. The molecule has 0 aromatic heterocycles. The molecule has 3 aliphatic rings. The first-order valence-electron chi connectivity index (χ1n) is 9.61. The molecule has 6 nitrogen and oxygen atoms in total. The van der Waals surface area contributed by atoms with Crippen molar-refractivity contribution < 1.29 is 14.3 Å². The Kier molecular flexibility index (Phi) is 4.80. The van der Waals surface area contributed by atoms with Crippen LogP contribution >= 0.6 is 0 Å². The molecule has 3 heterocycles. The lowest BCUT2D eigenvalue weighted by atomic mass is 9.77. The van der Waals surface area contributed by atoms with Crippen LogP contribution in [0.3, 0.4) is 0 Å². The van der Waals surface area contributed by atoms with E-state index in [1.54, 1.807) is 14.2 Å². The lowest BCUT2D eigenvalue weighted by Crippen LogP contribution is -2.45. The van der Waals surface area contributed by atoms with Crippen LogP contribution < -0.4 is 20.1 Å². The van der Waals surface area contributed by atoms with Crippen molar-refractivity contribution in [2.45, 2.75) is 38.3 Å². The zero-order valence-electron chi connectivity index (χ0n) is 15.8. The van der Waals surface area contributed by atoms with Gasteiger partial charge in [0.05, 0.1) is 20.3 Å². The van der Waals surface area contributed by atoms with Crippen LogP contribution in [-0.4, -0.2) is 57.2 Å². The van der Waals surface area contributed by atoms with Crippen molar-refractivity contribution in [2.75, 3.05) is 40.4 Å². The number of carbonyl (C=O) groups is 1. The third kappa shape index (κ3) is 3.16. The number of benzene rings is 1. The molecule has 1 aromatic carbocycles. The Balaban J connectivity index is 1.46. The normalized spacial score (nSPS) is 24.4. The first-order chi connectivity index (χ1) is 12.6. The van der Waals surface area contributed by atoms with Crippen molar-refractivity contribution in [1.29, 1.82) is 0 Å². The second-order valence-corrected chi connectivity index (χ2v) is 7.87. The molecule has 2 saturated heterocycles. The lowest BCUT2D eigenvalue weighted by molar-refractivity contribution is -0.134. The molecule has 3 aliphatic heterocycles. The third-order valence-electron chi connectivity index (χ3n) is 6.35. The summed E-state index contributed by atoms with van der Waals surface area (Å²) in [4.78, 5) is 15.1. The summed E-state index contributed by atoms with van der Waals surface area (Å²) in [5, 5.41) is 6.94. The fourth-order valence-corrected chi connectivity index (χ4v) is 4.72. The van der Waals surface area contributed by atoms with Gasteiger partial charge in [0.1, 0.15) is 0 Å². The molecule has 1 unspecified atom stereocenters. The zero-order chi connectivity index (χ0) is 18.1. The van der Waals surface area contributed by atoms with E-state index in [9.17, 15) is 4.79 Å². The first-order valence-corrected chi connectivity index (χ1v) is 9.61. The van der Waals surface area contributed by atoms with Crippen LogP contribution in [0.5, 0.6) is 11.5 Å². The molecule has 142 valence electrons. The molecule has 26 heavy (non-hydrogen) atoms. The molecule has 0 radical (unpaired) electrons. The average molecular weight is 359 g/mol. The second-order valence-electron chi connectivity index (χ2n) is 7.87. The van der Waals surface area contributed by atoms with E-state index in [1.165, 1.54) is 18.4 Å². The van der Waals surface area contributed by atoms with Gasteiger partial charge in [-0.1, -0.05) is 0 Å². The highest BCUT2D eigenvalue weighted by atomic mass is 16.5. The Bertz CT molecular complexity index is 685.